The predicted molar refractivity (Wildman–Crippen MR) is 102 cm³/mol. The number of carbonyl (C=O) groups excluding carboxylic acids is 1. The van der Waals surface area contributed by atoms with E-state index in [0.717, 1.165) is 11.3 Å². The lowest BCUT2D eigenvalue weighted by Crippen LogP contribution is -1.97. The maximum absolute atomic E-state index is 11.3. The molecule has 0 spiro atoms. The number of hydrogen-bond donors (Lipinski definition) is 0. The Morgan fingerprint density at radius 2 is 1.52 bits per heavy atom. The first-order chi connectivity index (χ1) is 12.0. The lowest BCUT2D eigenvalue weighted by atomic mass is 9.95. The highest BCUT2D eigenvalue weighted by molar-refractivity contribution is 5.94. The van der Waals surface area contributed by atoms with Crippen LogP contribution >= 0.6 is 0 Å². The number of benzene rings is 3. The van der Waals surface area contributed by atoms with Gasteiger partial charge in [-0.15, -0.1) is 0 Å². The molecule has 3 aromatic carbocycles. The summed E-state index contributed by atoms with van der Waals surface area (Å²) in [5.74, 6) is 0.829. The molecule has 0 aliphatic carbocycles. The van der Waals surface area contributed by atoms with Gasteiger partial charge in [0.2, 0.25) is 0 Å². The van der Waals surface area contributed by atoms with Crippen molar-refractivity contribution in [1.82, 2.24) is 0 Å². The monoisotopic (exact) mass is 330 g/mol. The largest absolute Gasteiger partial charge is 0.489 e. The highest BCUT2D eigenvalue weighted by atomic mass is 16.5. The lowest BCUT2D eigenvalue weighted by molar-refractivity contribution is 0.101. The SMILES string of the molecule is CC(=O)c1ccc(OCc2cccc(-c3c(C)cccc3C)c2)cc1. The Kier molecular flexibility index (Phi) is 4.99. The van der Waals surface area contributed by atoms with E-state index in [9.17, 15) is 4.79 Å². The Balaban J connectivity index is 1.77. The Labute approximate surface area is 149 Å². The molecule has 2 heteroatoms. The zero-order chi connectivity index (χ0) is 17.8. The van der Waals surface area contributed by atoms with Crippen molar-refractivity contribution < 1.29 is 9.53 Å². The van der Waals surface area contributed by atoms with Crippen LogP contribution in [0.3, 0.4) is 0 Å². The molecular weight excluding hydrogens is 308 g/mol. The van der Waals surface area contributed by atoms with Crippen molar-refractivity contribution in [1.29, 1.82) is 0 Å². The maximum atomic E-state index is 11.3. The molecule has 0 atom stereocenters. The third kappa shape index (κ3) is 3.97. The number of aryl methyl sites for hydroxylation is 2. The molecule has 0 heterocycles. The van der Waals surface area contributed by atoms with Crippen LogP contribution in [0.2, 0.25) is 0 Å². The molecule has 0 fully saturated rings. The van der Waals surface area contributed by atoms with E-state index in [1.54, 1.807) is 19.1 Å². The molecule has 0 N–H and O–H groups in total. The molecular formula is C23H22O2. The van der Waals surface area contributed by atoms with Crippen LogP contribution in [0.25, 0.3) is 11.1 Å². The van der Waals surface area contributed by atoms with Crippen LogP contribution in [0, 0.1) is 13.8 Å². The molecule has 25 heavy (non-hydrogen) atoms. The van der Waals surface area contributed by atoms with Gasteiger partial charge < -0.3 is 4.74 Å². The van der Waals surface area contributed by atoms with Crippen molar-refractivity contribution in [2.24, 2.45) is 0 Å². The number of rotatable bonds is 5. The Morgan fingerprint density at radius 3 is 2.16 bits per heavy atom. The average Bonchev–Trinajstić information content (AvgIpc) is 2.60. The van der Waals surface area contributed by atoms with Gasteiger partial charge in [-0.25, -0.2) is 0 Å². The Bertz CT molecular complexity index is 872. The summed E-state index contributed by atoms with van der Waals surface area (Å²) in [5, 5.41) is 0. The van der Waals surface area contributed by atoms with Crippen LogP contribution in [0.1, 0.15) is 34.0 Å². The summed E-state index contributed by atoms with van der Waals surface area (Å²) < 4.78 is 5.87. The van der Waals surface area contributed by atoms with Crippen molar-refractivity contribution >= 4 is 5.78 Å². The van der Waals surface area contributed by atoms with Crippen molar-refractivity contribution in [3.63, 3.8) is 0 Å². The Hall–Kier alpha value is -2.87. The molecule has 0 saturated carbocycles. The van der Waals surface area contributed by atoms with Gasteiger partial charge >= 0.3 is 0 Å². The van der Waals surface area contributed by atoms with Gasteiger partial charge in [-0.05, 0) is 78.9 Å². The first kappa shape index (κ1) is 17.0. The van der Waals surface area contributed by atoms with Gasteiger partial charge in [0, 0.05) is 5.56 Å². The van der Waals surface area contributed by atoms with Gasteiger partial charge in [0.1, 0.15) is 12.4 Å². The second kappa shape index (κ2) is 7.35. The normalized spacial score (nSPS) is 10.5. The number of Topliss-reactive ketones (excluding diaryl/α,β-unsaturated/α-hetero) is 1. The van der Waals surface area contributed by atoms with Crippen molar-refractivity contribution in [3.05, 3.63) is 89.0 Å². The fourth-order valence-corrected chi connectivity index (χ4v) is 3.04. The molecule has 0 unspecified atom stereocenters. The minimum absolute atomic E-state index is 0.0628. The quantitative estimate of drug-likeness (QED) is 0.557. The van der Waals surface area contributed by atoms with E-state index < -0.39 is 0 Å². The summed E-state index contributed by atoms with van der Waals surface area (Å²) in [6.07, 6.45) is 0. The van der Waals surface area contributed by atoms with E-state index in [1.165, 1.54) is 22.3 Å². The van der Waals surface area contributed by atoms with Crippen molar-refractivity contribution in [2.75, 3.05) is 0 Å². The first-order valence-corrected chi connectivity index (χ1v) is 8.44. The van der Waals surface area contributed by atoms with Crippen LogP contribution in [0.15, 0.2) is 66.7 Å². The average molecular weight is 330 g/mol. The molecule has 3 aromatic rings. The zero-order valence-corrected chi connectivity index (χ0v) is 14.9. The van der Waals surface area contributed by atoms with E-state index in [2.05, 4.69) is 56.3 Å². The highest BCUT2D eigenvalue weighted by Gasteiger charge is 2.06. The third-order valence-corrected chi connectivity index (χ3v) is 4.36. The second-order valence-corrected chi connectivity index (χ2v) is 6.34. The third-order valence-electron chi connectivity index (χ3n) is 4.36. The molecule has 3 rings (SSSR count). The molecule has 0 amide bonds. The summed E-state index contributed by atoms with van der Waals surface area (Å²) in [6.45, 7) is 6.34. The van der Waals surface area contributed by atoms with Crippen LogP contribution in [-0.4, -0.2) is 5.78 Å². The molecule has 0 bridgehead atoms. The minimum Gasteiger partial charge on any atom is -0.489 e. The summed E-state index contributed by atoms with van der Waals surface area (Å²) in [4.78, 5) is 11.3. The van der Waals surface area contributed by atoms with E-state index >= 15 is 0 Å². The van der Waals surface area contributed by atoms with Gasteiger partial charge in [-0.3, -0.25) is 4.79 Å². The van der Waals surface area contributed by atoms with Crippen molar-refractivity contribution in [2.45, 2.75) is 27.4 Å². The van der Waals surface area contributed by atoms with Crippen LogP contribution in [0.5, 0.6) is 5.75 Å². The van der Waals surface area contributed by atoms with Gasteiger partial charge in [-0.1, -0.05) is 36.4 Å². The molecule has 0 aliphatic heterocycles. The summed E-state index contributed by atoms with van der Waals surface area (Å²) in [6, 6.07) is 22.1. The van der Waals surface area contributed by atoms with E-state index in [-0.39, 0.29) is 5.78 Å². The summed E-state index contributed by atoms with van der Waals surface area (Å²) >= 11 is 0. The number of carbonyl (C=O) groups is 1. The molecule has 0 aliphatic rings. The number of ketones is 1. The lowest BCUT2D eigenvalue weighted by Gasteiger charge is -2.12. The molecule has 0 radical (unpaired) electrons. The smallest absolute Gasteiger partial charge is 0.159 e. The maximum Gasteiger partial charge on any atom is 0.159 e. The minimum atomic E-state index is 0.0628. The zero-order valence-electron chi connectivity index (χ0n) is 14.9. The predicted octanol–water partition coefficient (Wildman–Crippen LogP) is 5.75. The number of ether oxygens (including phenoxy) is 1. The molecule has 126 valence electrons. The van der Waals surface area contributed by atoms with E-state index in [4.69, 9.17) is 4.74 Å². The fraction of sp³-hybridized carbons (Fsp3) is 0.174. The first-order valence-electron chi connectivity index (χ1n) is 8.44. The summed E-state index contributed by atoms with van der Waals surface area (Å²) in [7, 11) is 0. The van der Waals surface area contributed by atoms with Crippen LogP contribution in [-0.2, 0) is 6.61 Å². The standard InChI is InChI=1S/C23H22O2/c1-16-6-4-7-17(2)23(16)21-9-5-8-19(14-21)15-25-22-12-10-20(11-13-22)18(3)24/h4-14H,15H2,1-3H3. The van der Waals surface area contributed by atoms with Gasteiger partial charge in [0.05, 0.1) is 0 Å². The van der Waals surface area contributed by atoms with Crippen molar-refractivity contribution in [3.8, 4) is 16.9 Å². The van der Waals surface area contributed by atoms with Crippen LogP contribution < -0.4 is 4.74 Å². The highest BCUT2D eigenvalue weighted by Crippen LogP contribution is 2.28. The molecule has 0 aromatic heterocycles. The molecule has 2 nitrogen and oxygen atoms in total. The van der Waals surface area contributed by atoms with Gasteiger partial charge in [-0.2, -0.15) is 0 Å². The topological polar surface area (TPSA) is 26.3 Å². The van der Waals surface area contributed by atoms with Gasteiger partial charge in [0.15, 0.2) is 5.78 Å². The van der Waals surface area contributed by atoms with E-state index in [1.807, 2.05) is 12.1 Å². The Morgan fingerprint density at radius 1 is 0.880 bits per heavy atom. The second-order valence-electron chi connectivity index (χ2n) is 6.34. The fourth-order valence-electron chi connectivity index (χ4n) is 3.04. The van der Waals surface area contributed by atoms with E-state index in [0.29, 0.717) is 12.2 Å². The summed E-state index contributed by atoms with van der Waals surface area (Å²) in [5.41, 5.74) is 6.87. The van der Waals surface area contributed by atoms with Gasteiger partial charge in [0.25, 0.3) is 0 Å². The molecule has 0 saturated heterocycles. The number of hydrogen-bond acceptors (Lipinski definition) is 2. The van der Waals surface area contributed by atoms with Crippen LogP contribution in [0.4, 0.5) is 0 Å².